The summed E-state index contributed by atoms with van der Waals surface area (Å²) in [7, 11) is -0.354. The van der Waals surface area contributed by atoms with Gasteiger partial charge >= 0.3 is 0 Å². The summed E-state index contributed by atoms with van der Waals surface area (Å²) >= 11 is 0. The molecular weight excluding hydrogens is 494 g/mol. The maximum atomic E-state index is 5.76. The van der Waals surface area contributed by atoms with Gasteiger partial charge in [0, 0.05) is 19.4 Å². The van der Waals surface area contributed by atoms with E-state index in [1.54, 1.807) is 0 Å². The summed E-state index contributed by atoms with van der Waals surface area (Å²) in [6.07, 6.45) is 22.6. The molecular formula is C34H59N3OSi. The van der Waals surface area contributed by atoms with E-state index >= 15 is 0 Å². The average molecular weight is 554 g/mol. The lowest BCUT2D eigenvalue weighted by Gasteiger charge is -2.14. The van der Waals surface area contributed by atoms with E-state index in [0.29, 0.717) is 0 Å². The smallest absolute Gasteiger partial charge is 0.111 e. The maximum absolute atomic E-state index is 5.76. The number of ether oxygens (including phenoxy) is 1. The molecule has 39 heavy (non-hydrogen) atoms. The highest BCUT2D eigenvalue weighted by molar-refractivity contribution is 6.55. The van der Waals surface area contributed by atoms with Gasteiger partial charge < -0.3 is 4.74 Å². The van der Waals surface area contributed by atoms with E-state index in [0.717, 1.165) is 61.4 Å². The van der Waals surface area contributed by atoms with Crippen LogP contribution in [0.5, 0.6) is 0 Å². The highest BCUT2D eigenvalue weighted by Crippen LogP contribution is 2.21. The Balaban J connectivity index is 1.65. The van der Waals surface area contributed by atoms with Crippen molar-refractivity contribution in [3.63, 3.8) is 0 Å². The van der Waals surface area contributed by atoms with Crippen molar-refractivity contribution in [3.05, 3.63) is 36.2 Å². The molecule has 0 aliphatic carbocycles. The fourth-order valence-corrected chi connectivity index (χ4v) is 7.12. The first kappa shape index (κ1) is 33.6. The molecule has 0 bridgehead atoms. The van der Waals surface area contributed by atoms with E-state index in [1.165, 1.54) is 94.7 Å². The van der Waals surface area contributed by atoms with Crippen LogP contribution < -0.4 is 5.19 Å². The van der Waals surface area contributed by atoms with E-state index in [2.05, 4.69) is 62.2 Å². The molecule has 2 aromatic rings. The second-order valence-electron chi connectivity index (χ2n) is 11.9. The molecule has 220 valence electrons. The lowest BCUT2D eigenvalue weighted by Crippen LogP contribution is -2.18. The van der Waals surface area contributed by atoms with Crippen LogP contribution in [0.2, 0.25) is 6.04 Å². The van der Waals surface area contributed by atoms with Crippen molar-refractivity contribution < 1.29 is 4.74 Å². The molecule has 2 aromatic heterocycles. The fraction of sp³-hybridized carbons (Fsp3) is 0.735. The Morgan fingerprint density at radius 3 is 2.13 bits per heavy atom. The van der Waals surface area contributed by atoms with E-state index < -0.39 is 0 Å². The minimum atomic E-state index is -0.354. The minimum Gasteiger partial charge on any atom is -0.381 e. The molecule has 0 aromatic carbocycles. The van der Waals surface area contributed by atoms with Crippen molar-refractivity contribution in [2.75, 3.05) is 13.2 Å². The van der Waals surface area contributed by atoms with Gasteiger partial charge in [-0.1, -0.05) is 117 Å². The zero-order valence-corrected chi connectivity index (χ0v) is 27.3. The molecule has 2 rings (SSSR count). The number of aromatic nitrogens is 3. The van der Waals surface area contributed by atoms with Gasteiger partial charge in [-0.2, -0.15) is 5.10 Å². The molecule has 2 atom stereocenters. The normalized spacial score (nSPS) is 13.3. The third-order valence-corrected chi connectivity index (χ3v) is 10.0. The van der Waals surface area contributed by atoms with Gasteiger partial charge in [-0.25, -0.2) is 0 Å². The van der Waals surface area contributed by atoms with Crippen LogP contribution in [-0.2, 0) is 11.2 Å². The van der Waals surface area contributed by atoms with Gasteiger partial charge in [-0.05, 0) is 60.9 Å². The van der Waals surface area contributed by atoms with E-state index in [9.17, 15) is 0 Å². The van der Waals surface area contributed by atoms with Gasteiger partial charge in [0.15, 0.2) is 0 Å². The first-order valence-corrected chi connectivity index (χ1v) is 18.2. The molecule has 2 heterocycles. The van der Waals surface area contributed by atoms with Gasteiger partial charge in [0.05, 0.1) is 20.9 Å². The van der Waals surface area contributed by atoms with E-state index in [1.807, 2.05) is 6.20 Å². The number of hydrogen-bond acceptors (Lipinski definition) is 4. The van der Waals surface area contributed by atoms with Gasteiger partial charge in [0.1, 0.15) is 5.69 Å². The molecule has 0 fully saturated rings. The number of pyridine rings is 1. The predicted octanol–water partition coefficient (Wildman–Crippen LogP) is 8.47. The first-order valence-electron chi connectivity index (χ1n) is 16.5. The van der Waals surface area contributed by atoms with Crippen LogP contribution in [0, 0.1) is 11.8 Å². The van der Waals surface area contributed by atoms with Crippen LogP contribution >= 0.6 is 0 Å². The molecule has 0 saturated carbocycles. The number of rotatable bonds is 24. The van der Waals surface area contributed by atoms with Gasteiger partial charge in [0.2, 0.25) is 0 Å². The zero-order valence-electron chi connectivity index (χ0n) is 25.9. The van der Waals surface area contributed by atoms with Crippen LogP contribution in [-0.4, -0.2) is 37.9 Å². The Hall–Kier alpha value is -1.59. The third kappa shape index (κ3) is 15.7. The average Bonchev–Trinajstić information content (AvgIpc) is 2.95. The van der Waals surface area contributed by atoms with Crippen molar-refractivity contribution >= 4 is 14.7 Å². The summed E-state index contributed by atoms with van der Waals surface area (Å²) < 4.78 is 5.76. The molecule has 0 saturated heterocycles. The molecule has 0 amide bonds. The van der Waals surface area contributed by atoms with Crippen LogP contribution in [0.3, 0.4) is 0 Å². The summed E-state index contributed by atoms with van der Waals surface area (Å²) in [5.41, 5.74) is 3.06. The molecule has 0 spiro atoms. The Labute approximate surface area is 243 Å². The molecule has 2 unspecified atom stereocenters. The Bertz CT molecular complexity index is 845. The predicted molar refractivity (Wildman–Crippen MR) is 172 cm³/mol. The molecule has 5 heteroatoms. The molecule has 0 aliphatic heterocycles. The Morgan fingerprint density at radius 2 is 1.41 bits per heavy atom. The highest BCUT2D eigenvalue weighted by atomic mass is 28.2. The lowest BCUT2D eigenvalue weighted by atomic mass is 9.93. The second kappa shape index (κ2) is 22.1. The van der Waals surface area contributed by atoms with E-state index in [-0.39, 0.29) is 9.52 Å². The van der Waals surface area contributed by atoms with Crippen LogP contribution in [0.25, 0.3) is 11.4 Å². The first-order chi connectivity index (χ1) is 19.1. The lowest BCUT2D eigenvalue weighted by molar-refractivity contribution is 0.126. The maximum Gasteiger partial charge on any atom is 0.111 e. The van der Waals surface area contributed by atoms with Crippen LogP contribution in [0.15, 0.2) is 30.5 Å². The zero-order chi connectivity index (χ0) is 28.0. The summed E-state index contributed by atoms with van der Waals surface area (Å²) in [5.74, 6) is 1.76. The van der Waals surface area contributed by atoms with Crippen LogP contribution in [0.4, 0.5) is 0 Å². The monoisotopic (exact) mass is 553 g/mol. The molecule has 0 radical (unpaired) electrons. The quantitative estimate of drug-likeness (QED) is 0.0966. The topological polar surface area (TPSA) is 47.9 Å². The van der Waals surface area contributed by atoms with Crippen LogP contribution in [0.1, 0.15) is 130 Å². The minimum absolute atomic E-state index is 0.354. The summed E-state index contributed by atoms with van der Waals surface area (Å²) in [6, 6.07) is 9.97. The fourth-order valence-electron chi connectivity index (χ4n) is 5.39. The summed E-state index contributed by atoms with van der Waals surface area (Å²) in [5, 5.41) is 10.5. The Kier molecular flexibility index (Phi) is 19.1. The second-order valence-corrected chi connectivity index (χ2v) is 13.9. The molecule has 4 nitrogen and oxygen atoms in total. The highest BCUT2D eigenvalue weighted by Gasteiger charge is 2.10. The Morgan fingerprint density at radius 1 is 0.718 bits per heavy atom. The number of hydrogen-bond donors (Lipinski definition) is 0. The van der Waals surface area contributed by atoms with Crippen molar-refractivity contribution in [1.82, 2.24) is 15.2 Å². The SMILES string of the molecule is CCCCCCOCCCCc1ccc(-c2ncccc2[SiH2]CCCC(C)CCCC(C)CCCCC)nn1. The van der Waals surface area contributed by atoms with Gasteiger partial charge in [0.25, 0.3) is 0 Å². The van der Waals surface area contributed by atoms with Crippen molar-refractivity contribution in [1.29, 1.82) is 0 Å². The number of unbranched alkanes of at least 4 members (excludes halogenated alkanes) is 6. The van der Waals surface area contributed by atoms with Crippen molar-refractivity contribution in [2.24, 2.45) is 11.8 Å². The van der Waals surface area contributed by atoms with E-state index in [4.69, 9.17) is 9.72 Å². The van der Waals surface area contributed by atoms with Crippen molar-refractivity contribution in [3.8, 4) is 11.4 Å². The molecule has 0 N–H and O–H groups in total. The summed E-state index contributed by atoms with van der Waals surface area (Å²) in [6.45, 7) is 11.2. The van der Waals surface area contributed by atoms with Gasteiger partial charge in [-0.15, -0.1) is 5.10 Å². The third-order valence-electron chi connectivity index (χ3n) is 8.05. The van der Waals surface area contributed by atoms with Crippen molar-refractivity contribution in [2.45, 2.75) is 136 Å². The standard InChI is InChI=1S/C34H59N3OSi/c1-5-7-9-12-26-38-27-13-11-21-31-23-24-32(37-36-31)34-33(22-15-25-35-34)39-28-16-20-30(4)19-14-18-29(3)17-10-8-6-2/h15,22-25,29-30H,5-14,16-21,26-28,39H2,1-4H3. The van der Waals surface area contributed by atoms with Gasteiger partial charge in [-0.3, -0.25) is 4.98 Å². The number of aryl methyl sites for hydroxylation is 1. The largest absolute Gasteiger partial charge is 0.381 e. The molecule has 0 aliphatic rings. The number of nitrogens with zero attached hydrogens (tertiary/aromatic N) is 3. The summed E-state index contributed by atoms with van der Waals surface area (Å²) in [4.78, 5) is 4.71.